The van der Waals surface area contributed by atoms with Crippen molar-refractivity contribution in [3.05, 3.63) is 117 Å². The Bertz CT molecular complexity index is 2160. The van der Waals surface area contributed by atoms with Crippen molar-refractivity contribution in [1.29, 1.82) is 5.26 Å². The number of hydrogen-bond donors (Lipinski definition) is 0. The summed E-state index contributed by atoms with van der Waals surface area (Å²) >= 11 is 0. The molecule has 2 aliphatic rings. The van der Waals surface area contributed by atoms with Crippen LogP contribution in [0, 0.1) is 23.0 Å². The molecule has 0 bridgehead atoms. The van der Waals surface area contributed by atoms with Crippen LogP contribution in [0.1, 0.15) is 27.0 Å². The molecule has 49 heavy (non-hydrogen) atoms. The van der Waals surface area contributed by atoms with Gasteiger partial charge in [0.1, 0.15) is 41.3 Å². The van der Waals surface area contributed by atoms with Crippen LogP contribution in [-0.4, -0.2) is 66.3 Å². The maximum atomic E-state index is 15.5. The Hall–Kier alpha value is -5.64. The summed E-state index contributed by atoms with van der Waals surface area (Å²) in [6.07, 6.45) is 3.35. The summed E-state index contributed by atoms with van der Waals surface area (Å²) in [6, 6.07) is 16.5. The number of benzene rings is 3. The average Bonchev–Trinajstić information content (AvgIpc) is 3.58. The normalized spacial score (nSPS) is 14.2. The number of rotatable bonds is 10. The molecule has 2 aliphatic heterocycles. The Kier molecular flexibility index (Phi) is 9.02. The van der Waals surface area contributed by atoms with E-state index in [1.54, 1.807) is 30.5 Å². The third-order valence-corrected chi connectivity index (χ3v) is 8.51. The standard InChI is InChI=1S/C37H30F2N4O6/c38-26-2-4-27(5-3-26)43-22-24-8-13-48-36(24)35(37(43)45)31(44)18-23-1-6-33(29(39)17-23)49-32-7-9-41-30-20-34(25(21-40)19-28(30)32)47-16-12-42-10-14-46-15-11-42/h1-7,9,17,19-20,22H,8,10-16,18H2. The minimum absolute atomic E-state index is 0.101. The summed E-state index contributed by atoms with van der Waals surface area (Å²) in [7, 11) is 0. The van der Waals surface area contributed by atoms with Crippen LogP contribution in [0.15, 0.2) is 77.9 Å². The van der Waals surface area contributed by atoms with Crippen LogP contribution in [-0.2, 0) is 17.6 Å². The van der Waals surface area contributed by atoms with Gasteiger partial charge in [0.15, 0.2) is 17.3 Å². The highest BCUT2D eigenvalue weighted by molar-refractivity contribution is 6.00. The molecule has 0 N–H and O–H groups in total. The number of aromatic nitrogens is 2. The van der Waals surface area contributed by atoms with Gasteiger partial charge in [0.05, 0.1) is 30.9 Å². The molecule has 0 atom stereocenters. The van der Waals surface area contributed by atoms with Gasteiger partial charge in [0, 0.05) is 67.6 Å². The molecule has 10 nitrogen and oxygen atoms in total. The Morgan fingerprint density at radius 2 is 1.80 bits per heavy atom. The second-order valence-corrected chi connectivity index (χ2v) is 11.7. The van der Waals surface area contributed by atoms with E-state index >= 15 is 4.39 Å². The van der Waals surface area contributed by atoms with Crippen molar-refractivity contribution in [2.24, 2.45) is 0 Å². The van der Waals surface area contributed by atoms with Crippen molar-refractivity contribution in [2.45, 2.75) is 12.8 Å². The van der Waals surface area contributed by atoms with Gasteiger partial charge in [0.25, 0.3) is 5.56 Å². The maximum Gasteiger partial charge on any atom is 0.269 e. The number of pyridine rings is 2. The number of carbonyl (C=O) groups is 1. The molecule has 7 rings (SSSR count). The van der Waals surface area contributed by atoms with Crippen LogP contribution in [0.2, 0.25) is 0 Å². The van der Waals surface area contributed by atoms with Gasteiger partial charge in [-0.25, -0.2) is 8.78 Å². The molecule has 0 unspecified atom stereocenters. The highest BCUT2D eigenvalue weighted by atomic mass is 19.1. The van der Waals surface area contributed by atoms with E-state index in [9.17, 15) is 19.2 Å². The summed E-state index contributed by atoms with van der Waals surface area (Å²) in [5.41, 5.74) is 1.45. The van der Waals surface area contributed by atoms with Gasteiger partial charge in [-0.2, -0.15) is 5.26 Å². The fourth-order valence-corrected chi connectivity index (χ4v) is 5.98. The number of hydrogen-bond acceptors (Lipinski definition) is 9. The summed E-state index contributed by atoms with van der Waals surface area (Å²) in [5, 5.41) is 10.3. The molecule has 1 saturated heterocycles. The van der Waals surface area contributed by atoms with Gasteiger partial charge < -0.3 is 18.9 Å². The van der Waals surface area contributed by atoms with Crippen molar-refractivity contribution < 1.29 is 32.5 Å². The minimum atomic E-state index is -0.725. The number of fused-ring (bicyclic) bond motifs is 2. The third kappa shape index (κ3) is 6.72. The number of nitrogens with zero attached hydrogens (tertiary/aromatic N) is 4. The lowest BCUT2D eigenvalue weighted by Crippen LogP contribution is -2.38. The number of Topliss-reactive ketones (excluding diaryl/α,β-unsaturated/α-hetero) is 1. The predicted molar refractivity (Wildman–Crippen MR) is 175 cm³/mol. The smallest absolute Gasteiger partial charge is 0.269 e. The van der Waals surface area contributed by atoms with E-state index in [1.807, 2.05) is 0 Å². The van der Waals surface area contributed by atoms with E-state index in [0.717, 1.165) is 13.1 Å². The van der Waals surface area contributed by atoms with Crippen molar-refractivity contribution in [3.8, 4) is 34.8 Å². The monoisotopic (exact) mass is 664 g/mol. The zero-order valence-electron chi connectivity index (χ0n) is 26.3. The van der Waals surface area contributed by atoms with Crippen LogP contribution in [0.25, 0.3) is 16.6 Å². The third-order valence-electron chi connectivity index (χ3n) is 8.51. The average molecular weight is 665 g/mol. The Labute approximate surface area is 279 Å². The van der Waals surface area contributed by atoms with Crippen molar-refractivity contribution in [2.75, 3.05) is 46.1 Å². The summed E-state index contributed by atoms with van der Waals surface area (Å²) in [5.74, 6) is -0.923. The molecule has 0 aliphatic carbocycles. The van der Waals surface area contributed by atoms with Gasteiger partial charge in [-0.05, 0) is 54.1 Å². The first-order chi connectivity index (χ1) is 23.9. The summed E-state index contributed by atoms with van der Waals surface area (Å²) in [4.78, 5) is 33.7. The molecule has 4 heterocycles. The minimum Gasteiger partial charge on any atom is -0.492 e. The molecule has 12 heteroatoms. The Morgan fingerprint density at radius 3 is 2.57 bits per heavy atom. The number of nitriles is 1. The van der Waals surface area contributed by atoms with E-state index in [4.69, 9.17) is 18.9 Å². The summed E-state index contributed by atoms with van der Waals surface area (Å²) in [6.45, 7) is 4.41. The molecule has 0 saturated carbocycles. The first-order valence-electron chi connectivity index (χ1n) is 15.8. The number of morpholine rings is 1. The van der Waals surface area contributed by atoms with E-state index in [2.05, 4.69) is 16.0 Å². The molecular formula is C37H30F2N4O6. The van der Waals surface area contributed by atoms with E-state index < -0.39 is 23.0 Å². The molecule has 3 aromatic carbocycles. The molecule has 1 fully saturated rings. The molecule has 0 radical (unpaired) electrons. The lowest BCUT2D eigenvalue weighted by Gasteiger charge is -2.26. The number of carbonyl (C=O) groups excluding carboxylic acids is 1. The number of halogens is 2. The summed E-state index contributed by atoms with van der Waals surface area (Å²) < 4.78 is 53.2. The quantitative estimate of drug-likeness (QED) is 0.181. The molecule has 0 amide bonds. The van der Waals surface area contributed by atoms with Crippen molar-refractivity contribution in [3.63, 3.8) is 0 Å². The molecule has 0 spiro atoms. The van der Waals surface area contributed by atoms with Crippen LogP contribution >= 0.6 is 0 Å². The molecule has 5 aromatic rings. The highest BCUT2D eigenvalue weighted by Gasteiger charge is 2.27. The number of ether oxygens (including phenoxy) is 4. The predicted octanol–water partition coefficient (Wildman–Crippen LogP) is 5.40. The molecular weight excluding hydrogens is 634 g/mol. The lowest BCUT2D eigenvalue weighted by atomic mass is 10.0. The first kappa shape index (κ1) is 31.9. The largest absolute Gasteiger partial charge is 0.492 e. The van der Waals surface area contributed by atoms with Gasteiger partial charge in [-0.15, -0.1) is 0 Å². The van der Waals surface area contributed by atoms with Crippen LogP contribution < -0.4 is 19.8 Å². The van der Waals surface area contributed by atoms with Crippen molar-refractivity contribution >= 4 is 16.7 Å². The van der Waals surface area contributed by atoms with Crippen LogP contribution in [0.5, 0.6) is 23.0 Å². The molecule has 248 valence electrons. The Morgan fingerprint density at radius 1 is 0.980 bits per heavy atom. The van der Waals surface area contributed by atoms with E-state index in [-0.39, 0.29) is 34.8 Å². The van der Waals surface area contributed by atoms with E-state index in [1.165, 1.54) is 47.2 Å². The highest BCUT2D eigenvalue weighted by Crippen LogP contribution is 2.35. The Balaban J connectivity index is 1.10. The zero-order chi connectivity index (χ0) is 33.9. The van der Waals surface area contributed by atoms with Gasteiger partial charge in [0.2, 0.25) is 0 Å². The van der Waals surface area contributed by atoms with E-state index in [0.29, 0.717) is 72.9 Å². The first-order valence-corrected chi connectivity index (χ1v) is 15.8. The van der Waals surface area contributed by atoms with Gasteiger partial charge >= 0.3 is 0 Å². The topological polar surface area (TPSA) is 116 Å². The van der Waals surface area contributed by atoms with Crippen LogP contribution in [0.3, 0.4) is 0 Å². The van der Waals surface area contributed by atoms with Gasteiger partial charge in [-0.3, -0.25) is 24.0 Å². The molecule has 2 aromatic heterocycles. The maximum absolute atomic E-state index is 15.5. The zero-order valence-corrected chi connectivity index (χ0v) is 26.3. The van der Waals surface area contributed by atoms with Crippen LogP contribution in [0.4, 0.5) is 8.78 Å². The van der Waals surface area contributed by atoms with Gasteiger partial charge in [-0.1, -0.05) is 6.07 Å². The fourth-order valence-electron chi connectivity index (χ4n) is 5.98. The lowest BCUT2D eigenvalue weighted by molar-refractivity contribution is 0.0322. The second-order valence-electron chi connectivity index (χ2n) is 11.7. The fraction of sp³-hybridized carbons (Fsp3) is 0.243. The van der Waals surface area contributed by atoms with Crippen molar-refractivity contribution in [1.82, 2.24) is 14.5 Å². The SMILES string of the molecule is N#Cc1cc2c(Oc3ccc(CC(=O)c4c5c(cn(-c6ccc(F)cc6)c4=O)CCO5)cc3F)ccnc2cc1OCCN1CCOCC1. The number of ketones is 1. The second kappa shape index (κ2) is 13.8.